The van der Waals surface area contributed by atoms with Crippen molar-refractivity contribution in [3.63, 3.8) is 0 Å². The molecule has 27 nitrogen and oxygen atoms in total. The number of hydrogen-bond acceptors (Lipinski definition) is 20. The fourth-order valence-electron chi connectivity index (χ4n) is 17.5. The van der Waals surface area contributed by atoms with Gasteiger partial charge in [0.05, 0.1) is 66.4 Å². The van der Waals surface area contributed by atoms with Gasteiger partial charge >= 0.3 is 0 Å². The van der Waals surface area contributed by atoms with Crippen molar-refractivity contribution < 1.29 is 14.4 Å². The molecule has 4 saturated heterocycles. The monoisotopic (exact) mass is 1560 g/mol. The van der Waals surface area contributed by atoms with Crippen molar-refractivity contribution in [3.8, 4) is 6.07 Å². The Morgan fingerprint density at radius 1 is 0.410 bits per heavy atom. The van der Waals surface area contributed by atoms with Crippen LogP contribution in [0.4, 0.5) is 22.7 Å². The van der Waals surface area contributed by atoms with Crippen molar-refractivity contribution in [2.24, 2.45) is 0 Å². The Hall–Kier alpha value is -12.7. The van der Waals surface area contributed by atoms with Crippen molar-refractivity contribution in [3.05, 3.63) is 193 Å². The number of amides is 3. The van der Waals surface area contributed by atoms with Gasteiger partial charge in [0.25, 0.3) is 17.7 Å². The molecule has 3 N–H and O–H groups in total. The Bertz CT molecular complexity index is 6590. The van der Waals surface area contributed by atoms with Crippen LogP contribution in [0.15, 0.2) is 170 Å². The molecule has 16 aromatic rings. The molecule has 4 atom stereocenters. The highest BCUT2D eigenvalue weighted by atomic mass is 16.2. The second-order valence-corrected chi connectivity index (χ2v) is 32.1. The maximum atomic E-state index is 13.2. The van der Waals surface area contributed by atoms with E-state index in [1.807, 2.05) is 184 Å². The highest BCUT2D eigenvalue weighted by Gasteiger charge is 2.33. The predicted octanol–water partition coefficient (Wildman–Crippen LogP) is 11.8. The molecule has 0 spiro atoms. The van der Waals surface area contributed by atoms with E-state index in [0.29, 0.717) is 75.6 Å². The highest BCUT2D eigenvalue weighted by molar-refractivity contribution is 6.11. The van der Waals surface area contributed by atoms with E-state index in [9.17, 15) is 19.6 Å². The Morgan fingerprint density at radius 2 is 0.701 bits per heavy atom. The van der Waals surface area contributed by atoms with Crippen molar-refractivity contribution in [2.45, 2.75) is 76.7 Å². The number of para-hydroxylation sites is 8. The summed E-state index contributed by atoms with van der Waals surface area (Å²) >= 11 is 0. The third kappa shape index (κ3) is 14.1. The van der Waals surface area contributed by atoms with Crippen LogP contribution in [0, 0.1) is 11.3 Å². The number of pyridine rings is 8. The standard InChI is InChI=1S/C24H28N6O.C23H26N6O.C22H24N6O.C21H20N6/c1-15(2)26-24(31)18-13-17-20(29-12-10-16(14-29)28(3)4)9-11-25-22(17)30-21-8-6-5-7-19(21)27-23(18)30;1-4-24-23(30)17-13-16-19(28-12-10-15(14-28)27(2)3)9-11-25-21(16)29-20-8-6-5-7-18(20)26-22(17)29;1-23-22(29)16-12-15-18(27-11-9-14(13-27)26(2)3)8-10-24-20(15)28-19-7-5-4-6-17(19)25-21(16)28;1-25(2)15-8-10-26(13-15)18-7-9-23-21-16(18)11-14(12-22)20-24-17-5-3-4-6-19(17)27(20)21/h5-9,11,13,15-16H,10,12,14H2,1-4H3,(H,26,31);5-9,11,13,15H,4,10,12,14H2,1-3H3,(H,24,30);4-8,10,12,14H,9,11,13H2,1-3H3,(H,23,29);3-7,9,11,15H,8,10,13H2,1-2H3/t16-;15-;14-;15-/m0000/s1. The van der Waals surface area contributed by atoms with Crippen molar-refractivity contribution >= 4 is 151 Å². The summed E-state index contributed by atoms with van der Waals surface area (Å²) in [6.45, 7) is 14.3. The summed E-state index contributed by atoms with van der Waals surface area (Å²) in [6, 6.07) is 52.4. The fourth-order valence-corrected chi connectivity index (χ4v) is 17.5. The Morgan fingerprint density at radius 3 is 0.991 bits per heavy atom. The molecule has 27 heteroatoms. The Balaban J connectivity index is 0.000000112. The van der Waals surface area contributed by atoms with Crippen molar-refractivity contribution in [2.75, 3.05) is 142 Å². The first kappa shape index (κ1) is 76.9. The minimum absolute atomic E-state index is 0.0421. The molecule has 0 radical (unpaired) electrons. The molecule has 4 aliphatic rings. The molecule has 117 heavy (non-hydrogen) atoms. The smallest absolute Gasteiger partial charge is 0.255 e. The summed E-state index contributed by atoms with van der Waals surface area (Å²) in [7, 11) is 18.7. The number of hydrogen-bond donors (Lipinski definition) is 3. The molecule has 0 bridgehead atoms. The first-order chi connectivity index (χ1) is 56.8. The minimum atomic E-state index is -0.144. The quantitative estimate of drug-likeness (QED) is 0.0969. The van der Waals surface area contributed by atoms with Crippen LogP contribution in [0.3, 0.4) is 0 Å². The van der Waals surface area contributed by atoms with E-state index in [-0.39, 0.29) is 23.8 Å². The number of imidazole rings is 4. The number of rotatable bonds is 13. The lowest BCUT2D eigenvalue weighted by molar-refractivity contribution is 0.0939. The number of aromatic nitrogens is 12. The molecule has 4 aliphatic heterocycles. The zero-order chi connectivity index (χ0) is 81.2. The number of nitrogens with one attached hydrogen (secondary N) is 3. The molecule has 20 rings (SSSR count). The van der Waals surface area contributed by atoms with Gasteiger partial charge in [0, 0.05) is 165 Å². The predicted molar refractivity (Wildman–Crippen MR) is 468 cm³/mol. The molecule has 596 valence electrons. The number of fused-ring (bicyclic) bond motifs is 20. The average Bonchev–Trinajstić information content (AvgIpc) is 1.63. The first-order valence-electron chi connectivity index (χ1n) is 40.4. The van der Waals surface area contributed by atoms with Gasteiger partial charge in [0.15, 0.2) is 22.6 Å². The average molecular weight is 1560 g/mol. The number of benzene rings is 4. The fraction of sp³-hybridized carbons (Fsp3) is 0.333. The molecule has 0 aliphatic carbocycles. The SMILES string of the molecule is CC(C)NC(=O)c1cc2c(N3CC[C@H](N(C)C)C3)ccnc2n2c1nc1ccccc12.CCNC(=O)c1cc2c(N3CC[C@H](N(C)C)C3)ccnc2n2c1nc1ccccc12.CN(C)[C@H]1CCN(c2ccnc3c2cc(C#N)c2nc4ccccc4n23)C1.CNC(=O)c1cc2c(N3CC[C@H](N(C)C)C3)ccnc2n2c1nc1ccccc12. The van der Waals surface area contributed by atoms with Gasteiger partial charge in [-0.2, -0.15) is 5.26 Å². The molecule has 0 unspecified atom stereocenters. The second kappa shape index (κ2) is 31.8. The van der Waals surface area contributed by atoms with Crippen LogP contribution < -0.4 is 35.6 Å². The number of carbonyl (C=O) groups is 3. The number of likely N-dealkylation sites (N-methyl/N-ethyl adjacent to an activating group) is 4. The van der Waals surface area contributed by atoms with Crippen LogP contribution in [0.25, 0.3) is 111 Å². The summed E-state index contributed by atoms with van der Waals surface area (Å²) in [5.41, 5.74) is 20.0. The number of nitriles is 1. The summed E-state index contributed by atoms with van der Waals surface area (Å²) in [4.78, 5) is 95.4. The zero-order valence-electron chi connectivity index (χ0n) is 68.4. The Kier molecular flexibility index (Phi) is 20.9. The van der Waals surface area contributed by atoms with Crippen LogP contribution in [0.2, 0.25) is 0 Å². The molecule has 12 aromatic heterocycles. The number of anilines is 4. The van der Waals surface area contributed by atoms with Crippen LogP contribution in [0.1, 0.15) is 83.1 Å². The van der Waals surface area contributed by atoms with Gasteiger partial charge < -0.3 is 55.1 Å². The molecular weight excluding hydrogens is 1470 g/mol. The van der Waals surface area contributed by atoms with Crippen LogP contribution in [0.5, 0.6) is 0 Å². The lowest BCUT2D eigenvalue weighted by Gasteiger charge is -2.23. The van der Waals surface area contributed by atoms with Gasteiger partial charge in [0.1, 0.15) is 28.7 Å². The summed E-state index contributed by atoms with van der Waals surface area (Å²) < 4.78 is 8.09. The van der Waals surface area contributed by atoms with Gasteiger partial charge in [0.2, 0.25) is 0 Å². The summed E-state index contributed by atoms with van der Waals surface area (Å²) in [6.07, 6.45) is 11.9. The molecule has 16 heterocycles. The van der Waals surface area contributed by atoms with Gasteiger partial charge in [-0.3, -0.25) is 32.0 Å². The lowest BCUT2D eigenvalue weighted by atomic mass is 10.1. The van der Waals surface area contributed by atoms with E-state index in [4.69, 9.17) is 29.9 Å². The van der Waals surface area contributed by atoms with E-state index >= 15 is 0 Å². The van der Waals surface area contributed by atoms with E-state index in [1.165, 1.54) is 0 Å². The number of carbonyl (C=O) groups excluding carboxylic acids is 3. The normalized spacial score (nSPS) is 17.1. The largest absolute Gasteiger partial charge is 0.369 e. The molecule has 4 fully saturated rings. The zero-order valence-corrected chi connectivity index (χ0v) is 68.4. The minimum Gasteiger partial charge on any atom is -0.369 e. The van der Waals surface area contributed by atoms with Gasteiger partial charge in [-0.15, -0.1) is 0 Å². The second-order valence-electron chi connectivity index (χ2n) is 32.1. The Labute approximate surface area is 677 Å². The topological polar surface area (TPSA) is 258 Å². The first-order valence-corrected chi connectivity index (χ1v) is 40.4. The molecule has 0 saturated carbocycles. The maximum absolute atomic E-state index is 13.2. The summed E-state index contributed by atoms with van der Waals surface area (Å²) in [5, 5.41) is 22.4. The third-order valence-corrected chi connectivity index (χ3v) is 23.8. The molecular formula is C90H98N24O3. The van der Waals surface area contributed by atoms with Crippen LogP contribution in [-0.4, -0.2) is 247 Å². The van der Waals surface area contributed by atoms with Crippen LogP contribution >= 0.6 is 0 Å². The molecule has 4 aromatic carbocycles. The van der Waals surface area contributed by atoms with E-state index in [0.717, 1.165) is 189 Å². The van der Waals surface area contributed by atoms with Gasteiger partial charge in [-0.05, 0) is 200 Å². The maximum Gasteiger partial charge on any atom is 0.255 e. The lowest BCUT2D eigenvalue weighted by Crippen LogP contribution is -2.31. The van der Waals surface area contributed by atoms with E-state index < -0.39 is 0 Å². The molecule has 3 amide bonds. The van der Waals surface area contributed by atoms with Crippen molar-refractivity contribution in [1.29, 1.82) is 5.26 Å². The highest BCUT2D eigenvalue weighted by Crippen LogP contribution is 2.39. The van der Waals surface area contributed by atoms with Gasteiger partial charge in [-0.1, -0.05) is 48.5 Å². The van der Waals surface area contributed by atoms with E-state index in [2.05, 4.69) is 152 Å². The number of nitrogens with zero attached hydrogens (tertiary/aromatic N) is 21. The third-order valence-electron chi connectivity index (χ3n) is 23.8. The van der Waals surface area contributed by atoms with Crippen LogP contribution in [-0.2, 0) is 0 Å². The summed E-state index contributed by atoms with van der Waals surface area (Å²) in [5.74, 6) is -0.365. The van der Waals surface area contributed by atoms with Crippen molar-refractivity contribution in [1.82, 2.24) is 93.0 Å². The van der Waals surface area contributed by atoms with Gasteiger partial charge in [-0.25, -0.2) is 39.9 Å². The van der Waals surface area contributed by atoms with E-state index in [1.54, 1.807) is 7.05 Å².